The fourth-order valence-electron chi connectivity index (χ4n) is 3.38. The highest BCUT2D eigenvalue weighted by molar-refractivity contribution is 7.10. The van der Waals surface area contributed by atoms with Gasteiger partial charge < -0.3 is 19.3 Å². The van der Waals surface area contributed by atoms with Gasteiger partial charge in [-0.25, -0.2) is 0 Å². The Kier molecular flexibility index (Phi) is 9.85. The number of hydrogen-bond donors (Lipinski definition) is 0. The molecular formula is C24H34N2O4S. The molecule has 2 aromatic rings. The predicted octanol–water partition coefficient (Wildman–Crippen LogP) is 4.29. The SMILES string of the molecule is CCCN(CC(=O)N(CCc1ccc(OC)c(OC)c1)Cc1sccc1C)C(=O)CC. The highest BCUT2D eigenvalue weighted by Crippen LogP contribution is 2.28. The van der Waals surface area contributed by atoms with E-state index in [4.69, 9.17) is 9.47 Å². The number of rotatable bonds is 12. The van der Waals surface area contributed by atoms with E-state index in [-0.39, 0.29) is 18.4 Å². The van der Waals surface area contributed by atoms with Gasteiger partial charge in [0.15, 0.2) is 11.5 Å². The molecule has 0 saturated carbocycles. The second kappa shape index (κ2) is 12.3. The topological polar surface area (TPSA) is 59.1 Å². The average Bonchev–Trinajstić information content (AvgIpc) is 3.19. The largest absolute Gasteiger partial charge is 0.493 e. The first-order valence-corrected chi connectivity index (χ1v) is 11.6. The zero-order valence-electron chi connectivity index (χ0n) is 19.3. The maximum absolute atomic E-state index is 13.2. The van der Waals surface area contributed by atoms with E-state index >= 15 is 0 Å². The molecule has 0 saturated heterocycles. The molecule has 2 rings (SSSR count). The normalized spacial score (nSPS) is 10.6. The number of hydrogen-bond acceptors (Lipinski definition) is 5. The maximum atomic E-state index is 13.2. The smallest absolute Gasteiger partial charge is 0.242 e. The number of ether oxygens (including phenoxy) is 2. The lowest BCUT2D eigenvalue weighted by atomic mass is 10.1. The molecule has 0 radical (unpaired) electrons. The number of nitrogens with zero attached hydrogens (tertiary/aromatic N) is 2. The van der Waals surface area contributed by atoms with Gasteiger partial charge >= 0.3 is 0 Å². The Balaban J connectivity index is 2.17. The van der Waals surface area contributed by atoms with Gasteiger partial charge in [0.1, 0.15) is 0 Å². The molecule has 0 N–H and O–H groups in total. The predicted molar refractivity (Wildman–Crippen MR) is 125 cm³/mol. The molecule has 31 heavy (non-hydrogen) atoms. The van der Waals surface area contributed by atoms with Crippen LogP contribution in [0.5, 0.6) is 11.5 Å². The van der Waals surface area contributed by atoms with Gasteiger partial charge in [-0.15, -0.1) is 11.3 Å². The van der Waals surface area contributed by atoms with E-state index in [9.17, 15) is 9.59 Å². The first-order valence-electron chi connectivity index (χ1n) is 10.7. The van der Waals surface area contributed by atoms with Gasteiger partial charge in [0, 0.05) is 24.4 Å². The second-order valence-electron chi connectivity index (χ2n) is 7.45. The van der Waals surface area contributed by atoms with E-state index in [0.717, 1.165) is 12.0 Å². The summed E-state index contributed by atoms with van der Waals surface area (Å²) < 4.78 is 10.7. The number of aryl methyl sites for hydroxylation is 1. The number of carbonyl (C=O) groups excluding carboxylic acids is 2. The summed E-state index contributed by atoms with van der Waals surface area (Å²) in [7, 11) is 3.23. The molecule has 0 aliphatic rings. The Hall–Kier alpha value is -2.54. The molecule has 6 nitrogen and oxygen atoms in total. The number of methoxy groups -OCH3 is 2. The number of carbonyl (C=O) groups is 2. The fraction of sp³-hybridized carbons (Fsp3) is 0.500. The number of benzene rings is 1. The molecule has 7 heteroatoms. The van der Waals surface area contributed by atoms with Crippen molar-refractivity contribution in [1.82, 2.24) is 9.80 Å². The van der Waals surface area contributed by atoms with Crippen LogP contribution >= 0.6 is 11.3 Å². The molecule has 0 unspecified atom stereocenters. The van der Waals surface area contributed by atoms with Crippen molar-refractivity contribution < 1.29 is 19.1 Å². The van der Waals surface area contributed by atoms with Crippen LogP contribution in [-0.2, 0) is 22.6 Å². The van der Waals surface area contributed by atoms with E-state index < -0.39 is 0 Å². The van der Waals surface area contributed by atoms with Gasteiger partial charge in [-0.2, -0.15) is 0 Å². The Morgan fingerprint density at radius 2 is 1.71 bits per heavy atom. The van der Waals surface area contributed by atoms with Crippen molar-refractivity contribution in [3.8, 4) is 11.5 Å². The number of thiophene rings is 1. The molecule has 1 aromatic carbocycles. The van der Waals surface area contributed by atoms with E-state index in [2.05, 4.69) is 13.0 Å². The minimum atomic E-state index is -0.0245. The summed E-state index contributed by atoms with van der Waals surface area (Å²) in [4.78, 5) is 30.2. The van der Waals surface area contributed by atoms with Gasteiger partial charge in [0.2, 0.25) is 11.8 Å². The van der Waals surface area contributed by atoms with Gasteiger partial charge in [0.05, 0.1) is 27.3 Å². The molecule has 1 heterocycles. The van der Waals surface area contributed by atoms with Crippen molar-refractivity contribution in [3.05, 3.63) is 45.6 Å². The first-order chi connectivity index (χ1) is 14.9. The standard InChI is InChI=1S/C24H34N2O4S/c1-6-12-25(23(27)7-2)17-24(28)26(16-22-18(3)11-14-31-22)13-10-19-8-9-20(29-4)21(15-19)30-5/h8-9,11,14-15H,6-7,10,12-13,16-17H2,1-5H3. The zero-order chi connectivity index (χ0) is 22.8. The molecule has 170 valence electrons. The van der Waals surface area contributed by atoms with Crippen molar-refractivity contribution in [3.63, 3.8) is 0 Å². The third-order valence-electron chi connectivity index (χ3n) is 5.25. The monoisotopic (exact) mass is 446 g/mol. The van der Waals surface area contributed by atoms with Crippen molar-refractivity contribution in [2.75, 3.05) is 33.9 Å². The Labute approximate surface area is 189 Å². The Morgan fingerprint density at radius 1 is 0.968 bits per heavy atom. The Bertz CT molecular complexity index is 865. The molecule has 0 aliphatic carbocycles. The quantitative estimate of drug-likeness (QED) is 0.488. The molecule has 0 aliphatic heterocycles. The van der Waals surface area contributed by atoms with Crippen molar-refractivity contribution >= 4 is 23.2 Å². The third-order valence-corrected chi connectivity index (χ3v) is 6.26. The van der Waals surface area contributed by atoms with Crippen LogP contribution in [0.4, 0.5) is 0 Å². The van der Waals surface area contributed by atoms with Gasteiger partial charge in [0.25, 0.3) is 0 Å². The summed E-state index contributed by atoms with van der Waals surface area (Å²) in [5.41, 5.74) is 2.25. The lowest BCUT2D eigenvalue weighted by Gasteiger charge is -2.27. The van der Waals surface area contributed by atoms with Crippen LogP contribution in [0.25, 0.3) is 0 Å². The van der Waals surface area contributed by atoms with Crippen molar-refractivity contribution in [2.24, 2.45) is 0 Å². The molecular weight excluding hydrogens is 412 g/mol. The van der Waals surface area contributed by atoms with Crippen LogP contribution in [0.15, 0.2) is 29.6 Å². The summed E-state index contributed by atoms with van der Waals surface area (Å²) >= 11 is 1.66. The zero-order valence-corrected chi connectivity index (χ0v) is 20.1. The average molecular weight is 447 g/mol. The number of amides is 2. The van der Waals surface area contributed by atoms with E-state index in [1.807, 2.05) is 42.3 Å². The minimum absolute atomic E-state index is 0.0161. The third kappa shape index (κ3) is 6.99. The Morgan fingerprint density at radius 3 is 2.29 bits per heavy atom. The molecule has 0 atom stereocenters. The van der Waals surface area contributed by atoms with Crippen LogP contribution < -0.4 is 9.47 Å². The summed E-state index contributed by atoms with van der Waals surface area (Å²) in [5.74, 6) is 1.35. The fourth-order valence-corrected chi connectivity index (χ4v) is 4.30. The minimum Gasteiger partial charge on any atom is -0.493 e. The van der Waals surface area contributed by atoms with Gasteiger partial charge in [-0.05, 0) is 54.5 Å². The van der Waals surface area contributed by atoms with Gasteiger partial charge in [-0.3, -0.25) is 9.59 Å². The van der Waals surface area contributed by atoms with E-state index in [1.165, 1.54) is 10.4 Å². The van der Waals surface area contributed by atoms with E-state index in [1.54, 1.807) is 30.5 Å². The summed E-state index contributed by atoms with van der Waals surface area (Å²) in [6, 6.07) is 7.89. The van der Waals surface area contributed by atoms with E-state index in [0.29, 0.717) is 44.0 Å². The highest BCUT2D eigenvalue weighted by Gasteiger charge is 2.21. The van der Waals surface area contributed by atoms with Crippen LogP contribution in [0, 0.1) is 6.92 Å². The summed E-state index contributed by atoms with van der Waals surface area (Å²) in [5, 5.41) is 2.05. The molecule has 2 amide bonds. The first kappa shape index (κ1) is 24.7. The molecule has 0 spiro atoms. The molecule has 0 bridgehead atoms. The summed E-state index contributed by atoms with van der Waals surface area (Å²) in [6.07, 6.45) is 1.92. The lowest BCUT2D eigenvalue weighted by Crippen LogP contribution is -2.43. The molecule has 0 fully saturated rings. The second-order valence-corrected chi connectivity index (χ2v) is 8.45. The van der Waals surface area contributed by atoms with Crippen molar-refractivity contribution in [1.29, 1.82) is 0 Å². The maximum Gasteiger partial charge on any atom is 0.242 e. The summed E-state index contributed by atoms with van der Waals surface area (Å²) in [6.45, 7) is 7.75. The van der Waals surface area contributed by atoms with Crippen LogP contribution in [0.1, 0.15) is 42.7 Å². The molecule has 1 aromatic heterocycles. The van der Waals surface area contributed by atoms with Crippen LogP contribution in [0.3, 0.4) is 0 Å². The lowest BCUT2D eigenvalue weighted by molar-refractivity contribution is -0.140. The van der Waals surface area contributed by atoms with Crippen LogP contribution in [-0.4, -0.2) is 55.5 Å². The highest BCUT2D eigenvalue weighted by atomic mass is 32.1. The van der Waals surface area contributed by atoms with Crippen molar-refractivity contribution in [2.45, 2.75) is 46.6 Å². The van der Waals surface area contributed by atoms with Gasteiger partial charge in [-0.1, -0.05) is 19.9 Å². The van der Waals surface area contributed by atoms with Crippen LogP contribution in [0.2, 0.25) is 0 Å².